The molecule has 24 heavy (non-hydrogen) atoms. The van der Waals surface area contributed by atoms with E-state index in [9.17, 15) is 4.79 Å². The highest BCUT2D eigenvalue weighted by Crippen LogP contribution is 2.25. The molecule has 6 nitrogen and oxygen atoms in total. The first kappa shape index (κ1) is 16.6. The van der Waals surface area contributed by atoms with E-state index in [0.29, 0.717) is 5.92 Å². The molecule has 0 spiro atoms. The average molecular weight is 330 g/mol. The molecule has 0 radical (unpaired) electrons. The molecule has 6 heteroatoms. The summed E-state index contributed by atoms with van der Waals surface area (Å²) in [6.45, 7) is 5.56. The van der Waals surface area contributed by atoms with E-state index in [1.165, 1.54) is 0 Å². The molecule has 2 N–H and O–H groups in total. The number of nitrogens with one attached hydrogen (secondary N) is 2. The van der Waals surface area contributed by atoms with Crippen LogP contribution in [0.4, 0.5) is 4.79 Å². The van der Waals surface area contributed by atoms with Gasteiger partial charge in [0.2, 0.25) is 0 Å². The minimum atomic E-state index is 0.0299. The van der Waals surface area contributed by atoms with Crippen LogP contribution in [0.5, 0.6) is 0 Å². The lowest BCUT2D eigenvalue weighted by atomic mass is 9.95. The number of piperidine rings is 1. The van der Waals surface area contributed by atoms with Gasteiger partial charge in [-0.15, -0.1) is 0 Å². The fourth-order valence-corrected chi connectivity index (χ4v) is 3.26. The zero-order chi connectivity index (χ0) is 16.9. The van der Waals surface area contributed by atoms with Gasteiger partial charge in [-0.2, -0.15) is 5.10 Å². The molecule has 130 valence electrons. The molecule has 2 atom stereocenters. The molecular formula is C18H26N4O2. The summed E-state index contributed by atoms with van der Waals surface area (Å²) in [7, 11) is 0. The van der Waals surface area contributed by atoms with Gasteiger partial charge in [-0.25, -0.2) is 4.79 Å². The van der Waals surface area contributed by atoms with E-state index in [1.54, 1.807) is 6.20 Å². The Morgan fingerprint density at radius 3 is 3.08 bits per heavy atom. The van der Waals surface area contributed by atoms with Gasteiger partial charge in [0, 0.05) is 43.4 Å². The number of rotatable bonds is 5. The number of nitrogens with zero attached hydrogens (tertiary/aromatic N) is 2. The second-order valence-electron chi connectivity index (χ2n) is 6.70. The summed E-state index contributed by atoms with van der Waals surface area (Å²) < 4.78 is 5.58. The maximum atomic E-state index is 12.5. The van der Waals surface area contributed by atoms with Crippen molar-refractivity contribution in [2.24, 2.45) is 0 Å². The quantitative estimate of drug-likeness (QED) is 0.884. The van der Waals surface area contributed by atoms with Crippen molar-refractivity contribution in [3.63, 3.8) is 0 Å². The van der Waals surface area contributed by atoms with Crippen LogP contribution in [-0.2, 0) is 6.42 Å². The highest BCUT2D eigenvalue weighted by molar-refractivity contribution is 5.74. The minimum absolute atomic E-state index is 0.0299. The van der Waals surface area contributed by atoms with Gasteiger partial charge >= 0.3 is 6.03 Å². The second-order valence-corrected chi connectivity index (χ2v) is 6.70. The van der Waals surface area contributed by atoms with Crippen LogP contribution >= 0.6 is 0 Å². The molecule has 1 aliphatic rings. The van der Waals surface area contributed by atoms with Crippen LogP contribution in [0.25, 0.3) is 0 Å². The minimum Gasteiger partial charge on any atom is -0.466 e. The van der Waals surface area contributed by atoms with Crippen LogP contribution in [0.2, 0.25) is 0 Å². The first-order valence-corrected chi connectivity index (χ1v) is 8.72. The topological polar surface area (TPSA) is 74.2 Å². The van der Waals surface area contributed by atoms with Crippen molar-refractivity contribution >= 4 is 6.03 Å². The summed E-state index contributed by atoms with van der Waals surface area (Å²) in [6.07, 6.45) is 5.60. The highest BCUT2D eigenvalue weighted by atomic mass is 16.3. The Bertz CT molecular complexity index is 650. The lowest BCUT2D eigenvalue weighted by Gasteiger charge is -2.33. The molecule has 1 aliphatic heterocycles. The number of likely N-dealkylation sites (tertiary alicyclic amines) is 1. The number of hydrogen-bond acceptors (Lipinski definition) is 3. The third-order valence-corrected chi connectivity index (χ3v) is 4.66. The van der Waals surface area contributed by atoms with Gasteiger partial charge < -0.3 is 14.6 Å². The second kappa shape index (κ2) is 7.55. The lowest BCUT2D eigenvalue weighted by molar-refractivity contribution is 0.175. The maximum Gasteiger partial charge on any atom is 0.317 e. The number of carbonyl (C=O) groups excluding carboxylic acids is 1. The molecule has 0 aliphatic carbocycles. The van der Waals surface area contributed by atoms with Crippen molar-refractivity contribution in [1.82, 2.24) is 20.4 Å². The Morgan fingerprint density at radius 1 is 1.50 bits per heavy atom. The van der Waals surface area contributed by atoms with E-state index in [-0.39, 0.29) is 12.1 Å². The Hall–Kier alpha value is -2.24. The van der Waals surface area contributed by atoms with Crippen molar-refractivity contribution in [2.75, 3.05) is 13.1 Å². The molecule has 0 aromatic carbocycles. The third kappa shape index (κ3) is 4.19. The first-order chi connectivity index (χ1) is 11.6. The van der Waals surface area contributed by atoms with Gasteiger partial charge in [0.1, 0.15) is 11.5 Å². The number of aryl methyl sites for hydroxylation is 2. The number of furan rings is 1. The van der Waals surface area contributed by atoms with Crippen LogP contribution in [0.1, 0.15) is 49.3 Å². The van der Waals surface area contributed by atoms with E-state index in [1.807, 2.05) is 36.9 Å². The molecule has 3 rings (SSSR count). The van der Waals surface area contributed by atoms with Gasteiger partial charge in [0.05, 0.1) is 0 Å². The van der Waals surface area contributed by atoms with Crippen LogP contribution in [0.15, 0.2) is 28.8 Å². The van der Waals surface area contributed by atoms with Gasteiger partial charge in [-0.05, 0) is 51.3 Å². The molecular weight excluding hydrogens is 304 g/mol. The number of H-pyrrole nitrogens is 1. The predicted octanol–water partition coefficient (Wildman–Crippen LogP) is 3.22. The van der Waals surface area contributed by atoms with E-state index >= 15 is 0 Å². The number of hydrogen-bond donors (Lipinski definition) is 2. The zero-order valence-electron chi connectivity index (χ0n) is 14.4. The lowest BCUT2D eigenvalue weighted by Crippen LogP contribution is -2.47. The van der Waals surface area contributed by atoms with Gasteiger partial charge in [0.15, 0.2) is 0 Å². The Labute approximate surface area is 142 Å². The number of aromatic nitrogens is 2. The van der Waals surface area contributed by atoms with E-state index < -0.39 is 0 Å². The largest absolute Gasteiger partial charge is 0.466 e. The molecule has 0 saturated carbocycles. The fraction of sp³-hybridized carbons (Fsp3) is 0.556. The summed E-state index contributed by atoms with van der Waals surface area (Å²) in [6, 6.07) is 6.13. The number of aromatic amines is 1. The highest BCUT2D eigenvalue weighted by Gasteiger charge is 2.26. The Balaban J connectivity index is 1.46. The summed E-state index contributed by atoms with van der Waals surface area (Å²) in [5, 5.41) is 10.2. The van der Waals surface area contributed by atoms with Crippen molar-refractivity contribution in [3.05, 3.63) is 41.6 Å². The SMILES string of the molecule is Cc1ccc(CC[C@H](C)NC(=O)N2CCC[C@@H](c3ccn[nH]3)C2)o1. The van der Waals surface area contributed by atoms with Crippen molar-refractivity contribution < 1.29 is 9.21 Å². The van der Waals surface area contributed by atoms with Gasteiger partial charge in [-0.1, -0.05) is 0 Å². The third-order valence-electron chi connectivity index (χ3n) is 4.66. The van der Waals surface area contributed by atoms with Crippen LogP contribution in [0.3, 0.4) is 0 Å². The normalized spacial score (nSPS) is 19.2. The monoisotopic (exact) mass is 330 g/mol. The van der Waals surface area contributed by atoms with Crippen LogP contribution < -0.4 is 5.32 Å². The molecule has 2 amide bonds. The van der Waals surface area contributed by atoms with Crippen molar-refractivity contribution in [3.8, 4) is 0 Å². The number of carbonyl (C=O) groups is 1. The molecule has 0 unspecified atom stereocenters. The maximum absolute atomic E-state index is 12.5. The van der Waals surface area contributed by atoms with Crippen LogP contribution in [-0.4, -0.2) is 40.3 Å². The number of urea groups is 1. The summed E-state index contributed by atoms with van der Waals surface area (Å²) in [5.41, 5.74) is 1.12. The average Bonchev–Trinajstić information content (AvgIpc) is 3.24. The molecule has 3 heterocycles. The van der Waals surface area contributed by atoms with Crippen molar-refractivity contribution in [2.45, 2.75) is 51.5 Å². The summed E-state index contributed by atoms with van der Waals surface area (Å²) in [5.74, 6) is 2.26. The Morgan fingerprint density at radius 2 is 2.38 bits per heavy atom. The van der Waals surface area contributed by atoms with Gasteiger partial charge in [0.25, 0.3) is 0 Å². The molecule has 0 bridgehead atoms. The van der Waals surface area contributed by atoms with Gasteiger partial charge in [-0.3, -0.25) is 5.10 Å². The number of amides is 2. The predicted molar refractivity (Wildman–Crippen MR) is 91.9 cm³/mol. The molecule has 2 aromatic heterocycles. The summed E-state index contributed by atoms with van der Waals surface area (Å²) >= 11 is 0. The van der Waals surface area contributed by atoms with Crippen molar-refractivity contribution in [1.29, 1.82) is 0 Å². The molecule has 1 saturated heterocycles. The van der Waals surface area contributed by atoms with E-state index in [2.05, 4.69) is 15.5 Å². The Kier molecular flexibility index (Phi) is 5.23. The smallest absolute Gasteiger partial charge is 0.317 e. The first-order valence-electron chi connectivity index (χ1n) is 8.72. The summed E-state index contributed by atoms with van der Waals surface area (Å²) in [4.78, 5) is 14.4. The van der Waals surface area contributed by atoms with E-state index in [0.717, 1.165) is 56.0 Å². The van der Waals surface area contributed by atoms with Crippen LogP contribution in [0, 0.1) is 6.92 Å². The fourth-order valence-electron chi connectivity index (χ4n) is 3.26. The standard InChI is InChI=1S/C18H26N4O2/c1-13(5-7-16-8-6-14(2)24-16)20-18(23)22-11-3-4-15(12-22)17-9-10-19-21-17/h6,8-10,13,15H,3-5,7,11-12H2,1-2H3,(H,19,21)(H,20,23)/t13-,15+/m0/s1. The van der Waals surface area contributed by atoms with E-state index in [4.69, 9.17) is 4.42 Å². The molecule has 2 aromatic rings. The zero-order valence-corrected chi connectivity index (χ0v) is 14.4. The molecule has 1 fully saturated rings.